The number of hydrogen-bond donors (Lipinski definition) is 2. The van der Waals surface area contributed by atoms with Crippen LogP contribution in [0.25, 0.3) is 0 Å². The van der Waals surface area contributed by atoms with E-state index in [4.69, 9.17) is 4.55 Å². The van der Waals surface area contributed by atoms with Gasteiger partial charge in [0.2, 0.25) is 0 Å². The molecule has 0 aliphatic rings. The Balaban J connectivity index is 2.23. The first-order chi connectivity index (χ1) is 6.47. The van der Waals surface area contributed by atoms with E-state index in [-0.39, 0.29) is 5.75 Å². The topological polar surface area (TPSA) is 63.1 Å². The highest BCUT2D eigenvalue weighted by molar-refractivity contribution is 8.29. The fourth-order valence-corrected chi connectivity index (χ4v) is 2.81. The second-order valence-electron chi connectivity index (χ2n) is 2.72. The van der Waals surface area contributed by atoms with Crippen molar-refractivity contribution in [1.82, 2.24) is 10.2 Å². The fourth-order valence-electron chi connectivity index (χ4n) is 0.906. The van der Waals surface area contributed by atoms with Crippen LogP contribution in [-0.2, 0) is 26.4 Å². The molecule has 1 N–H and O–H groups in total. The Morgan fingerprint density at radius 3 is 2.71 bits per heavy atom. The number of rotatable bonds is 5. The smallest absolute Gasteiger partial charge is 0.171 e. The average molecular weight is 270 g/mol. The SMILES string of the molecule is O=S(O)(=S)CCCCc1nnc(S)s1. The molecule has 1 aromatic heterocycles. The minimum absolute atomic E-state index is 0.175. The van der Waals surface area contributed by atoms with Gasteiger partial charge >= 0.3 is 0 Å². The number of unbranched alkanes of at least 4 members (excludes halogenated alkanes) is 1. The van der Waals surface area contributed by atoms with Gasteiger partial charge in [-0.1, -0.05) is 11.3 Å². The van der Waals surface area contributed by atoms with Crippen molar-refractivity contribution >= 4 is 43.9 Å². The zero-order chi connectivity index (χ0) is 10.6. The number of aromatic nitrogens is 2. The van der Waals surface area contributed by atoms with E-state index in [2.05, 4.69) is 34.0 Å². The van der Waals surface area contributed by atoms with Crippen LogP contribution in [0.1, 0.15) is 17.8 Å². The molecule has 0 aromatic carbocycles. The molecule has 1 unspecified atom stereocenters. The van der Waals surface area contributed by atoms with E-state index in [9.17, 15) is 4.21 Å². The Morgan fingerprint density at radius 1 is 1.50 bits per heavy atom. The van der Waals surface area contributed by atoms with Gasteiger partial charge in [0.1, 0.15) is 13.8 Å². The highest BCUT2D eigenvalue weighted by atomic mass is 32.8. The summed E-state index contributed by atoms with van der Waals surface area (Å²) in [5.74, 6) is 0.175. The molecule has 1 aromatic rings. The van der Waals surface area contributed by atoms with E-state index in [1.54, 1.807) is 0 Å². The van der Waals surface area contributed by atoms with Gasteiger partial charge in [-0.05, 0) is 12.8 Å². The monoisotopic (exact) mass is 270 g/mol. The zero-order valence-corrected chi connectivity index (χ0v) is 10.6. The summed E-state index contributed by atoms with van der Waals surface area (Å²) in [6, 6.07) is 0. The van der Waals surface area contributed by atoms with E-state index < -0.39 is 8.77 Å². The Labute approximate surface area is 97.0 Å². The third-order valence-electron chi connectivity index (χ3n) is 1.50. The first-order valence-electron chi connectivity index (χ1n) is 3.94. The summed E-state index contributed by atoms with van der Waals surface area (Å²) >= 11 is 9.83. The second kappa shape index (κ2) is 5.36. The Bertz CT molecular complexity index is 386. The van der Waals surface area contributed by atoms with Crippen molar-refractivity contribution in [3.8, 4) is 0 Å². The third kappa shape index (κ3) is 5.20. The third-order valence-corrected chi connectivity index (χ3v) is 3.95. The number of thiol groups is 1. The summed E-state index contributed by atoms with van der Waals surface area (Å²) in [6.07, 6.45) is 2.21. The number of nitrogens with zero attached hydrogens (tertiary/aromatic N) is 2. The predicted octanol–water partition coefficient (Wildman–Crippen LogP) is 1.37. The van der Waals surface area contributed by atoms with Crippen molar-refractivity contribution in [2.24, 2.45) is 0 Å². The molecule has 0 bridgehead atoms. The summed E-state index contributed by atoms with van der Waals surface area (Å²) in [7, 11) is -2.99. The van der Waals surface area contributed by atoms with Gasteiger partial charge in [0.25, 0.3) is 0 Å². The number of hydrogen-bond acceptors (Lipinski definition) is 6. The Morgan fingerprint density at radius 2 is 2.21 bits per heavy atom. The summed E-state index contributed by atoms with van der Waals surface area (Å²) in [5, 5.41) is 8.54. The summed E-state index contributed by atoms with van der Waals surface area (Å²) in [6.45, 7) is 0. The molecule has 0 aliphatic heterocycles. The summed E-state index contributed by atoms with van der Waals surface area (Å²) < 4.78 is 20.2. The lowest BCUT2D eigenvalue weighted by molar-refractivity contribution is 0.557. The van der Waals surface area contributed by atoms with Gasteiger partial charge in [0.05, 0.1) is 0 Å². The molecule has 0 fully saturated rings. The van der Waals surface area contributed by atoms with Gasteiger partial charge in [-0.25, -0.2) is 4.21 Å². The standard InChI is InChI=1S/C6H10N2O2S4/c9-14(10,12)4-2-1-3-5-7-8-6(11)13-5/h1-4H2,(H,8,11)(H,9,10,12). The first-order valence-corrected chi connectivity index (χ1v) is 7.81. The maximum Gasteiger partial charge on any atom is 0.171 e. The van der Waals surface area contributed by atoms with Gasteiger partial charge in [0, 0.05) is 23.4 Å². The summed E-state index contributed by atoms with van der Waals surface area (Å²) in [5.41, 5.74) is 0. The van der Waals surface area contributed by atoms with Crippen LogP contribution in [0.4, 0.5) is 0 Å². The molecular formula is C6H10N2O2S4. The summed E-state index contributed by atoms with van der Waals surface area (Å²) in [4.78, 5) is 0. The highest BCUT2D eigenvalue weighted by Crippen LogP contribution is 2.15. The second-order valence-corrected chi connectivity index (χ2v) is 7.64. The molecule has 8 heteroatoms. The van der Waals surface area contributed by atoms with Crippen LogP contribution < -0.4 is 0 Å². The molecule has 0 amide bonds. The molecule has 0 aliphatic carbocycles. The van der Waals surface area contributed by atoms with E-state index in [0.29, 0.717) is 10.8 Å². The largest absolute Gasteiger partial charge is 0.306 e. The molecule has 1 rings (SSSR count). The molecule has 1 heterocycles. The van der Waals surface area contributed by atoms with Crippen molar-refractivity contribution in [2.45, 2.75) is 23.6 Å². The lowest BCUT2D eigenvalue weighted by Crippen LogP contribution is -2.02. The number of aryl methyl sites for hydroxylation is 1. The zero-order valence-electron chi connectivity index (χ0n) is 7.25. The average Bonchev–Trinajstić information content (AvgIpc) is 2.44. The van der Waals surface area contributed by atoms with E-state index >= 15 is 0 Å². The first kappa shape index (κ1) is 12.3. The molecule has 4 nitrogen and oxygen atoms in total. The van der Waals surface area contributed by atoms with Crippen LogP contribution in [0.3, 0.4) is 0 Å². The molecule has 0 saturated carbocycles. The van der Waals surface area contributed by atoms with Crippen LogP contribution in [0, 0.1) is 0 Å². The van der Waals surface area contributed by atoms with E-state index in [0.717, 1.165) is 17.8 Å². The van der Waals surface area contributed by atoms with Crippen LogP contribution >= 0.6 is 24.0 Å². The van der Waals surface area contributed by atoms with Crippen LogP contribution in [-0.4, -0.2) is 24.7 Å². The molecule has 0 radical (unpaired) electrons. The van der Waals surface area contributed by atoms with Crippen LogP contribution in [0.15, 0.2) is 4.34 Å². The lowest BCUT2D eigenvalue weighted by Gasteiger charge is -1.97. The van der Waals surface area contributed by atoms with Gasteiger partial charge in [0.15, 0.2) is 4.34 Å². The van der Waals surface area contributed by atoms with E-state index in [1.165, 1.54) is 11.3 Å². The molecule has 0 saturated heterocycles. The molecule has 0 spiro atoms. The fraction of sp³-hybridized carbons (Fsp3) is 0.667. The van der Waals surface area contributed by atoms with Crippen LogP contribution in [0.5, 0.6) is 0 Å². The molecule has 14 heavy (non-hydrogen) atoms. The minimum atomic E-state index is -2.99. The van der Waals surface area contributed by atoms with Gasteiger partial charge in [-0.15, -0.1) is 22.8 Å². The van der Waals surface area contributed by atoms with Crippen molar-refractivity contribution in [2.75, 3.05) is 5.75 Å². The Hall–Kier alpha value is 0.240. The van der Waals surface area contributed by atoms with Crippen molar-refractivity contribution in [1.29, 1.82) is 0 Å². The maximum atomic E-state index is 10.7. The normalized spacial score (nSPS) is 15.3. The van der Waals surface area contributed by atoms with E-state index in [1.807, 2.05) is 0 Å². The van der Waals surface area contributed by atoms with Crippen LogP contribution in [0.2, 0.25) is 0 Å². The molecular weight excluding hydrogens is 260 g/mol. The highest BCUT2D eigenvalue weighted by Gasteiger charge is 2.03. The molecule has 80 valence electrons. The quantitative estimate of drug-likeness (QED) is 0.625. The van der Waals surface area contributed by atoms with Gasteiger partial charge in [-0.3, -0.25) is 0 Å². The lowest BCUT2D eigenvalue weighted by atomic mass is 10.3. The predicted molar refractivity (Wildman–Crippen MR) is 63.1 cm³/mol. The maximum absolute atomic E-state index is 10.7. The van der Waals surface area contributed by atoms with Gasteiger partial charge < -0.3 is 4.55 Å². The van der Waals surface area contributed by atoms with Crippen molar-refractivity contribution in [3.63, 3.8) is 0 Å². The Kier molecular flexibility index (Phi) is 4.71. The minimum Gasteiger partial charge on any atom is -0.306 e. The van der Waals surface area contributed by atoms with Crippen molar-refractivity contribution in [3.05, 3.63) is 5.01 Å². The molecule has 1 atom stereocenters. The van der Waals surface area contributed by atoms with Gasteiger partial charge in [-0.2, -0.15) is 0 Å². The van der Waals surface area contributed by atoms with Crippen molar-refractivity contribution < 1.29 is 8.76 Å².